The summed E-state index contributed by atoms with van der Waals surface area (Å²) >= 11 is 1.36. The van der Waals surface area contributed by atoms with Gasteiger partial charge in [-0.15, -0.1) is 11.3 Å². The fourth-order valence-corrected chi connectivity index (χ4v) is 4.44. The summed E-state index contributed by atoms with van der Waals surface area (Å²) in [7, 11) is 0. The maximum atomic E-state index is 13.0. The van der Waals surface area contributed by atoms with E-state index in [-0.39, 0.29) is 18.0 Å². The monoisotopic (exact) mass is 459 g/mol. The Kier molecular flexibility index (Phi) is 6.01. The summed E-state index contributed by atoms with van der Waals surface area (Å²) < 4.78 is 39.0. The Morgan fingerprint density at radius 3 is 2.75 bits per heavy atom. The van der Waals surface area contributed by atoms with Crippen molar-refractivity contribution in [2.75, 3.05) is 6.54 Å². The number of fused-ring (bicyclic) bond motifs is 1. The zero-order chi connectivity index (χ0) is 22.9. The maximum absolute atomic E-state index is 13.0. The Hall–Kier alpha value is -3.20. The molecule has 4 rings (SSSR count). The highest BCUT2D eigenvalue weighted by molar-refractivity contribution is 7.12. The number of aromatic nitrogens is 1. The molecule has 0 atom stereocenters. The van der Waals surface area contributed by atoms with E-state index in [1.165, 1.54) is 28.4 Å². The number of carbonyl (C=O) groups excluding carboxylic acids is 2. The molecule has 5 nitrogen and oxygen atoms in total. The Labute approximate surface area is 186 Å². The lowest BCUT2D eigenvalue weighted by Gasteiger charge is -2.30. The summed E-state index contributed by atoms with van der Waals surface area (Å²) in [5.74, 6) is -0.607. The molecule has 3 heterocycles. The van der Waals surface area contributed by atoms with Gasteiger partial charge in [0.15, 0.2) is 0 Å². The molecule has 0 spiro atoms. The minimum atomic E-state index is -4.51. The third-order valence-corrected chi connectivity index (χ3v) is 6.36. The number of aryl methyl sites for hydroxylation is 1. The number of amides is 2. The van der Waals surface area contributed by atoms with Crippen LogP contribution in [0.3, 0.4) is 0 Å². The highest BCUT2D eigenvalue weighted by Crippen LogP contribution is 2.30. The van der Waals surface area contributed by atoms with E-state index in [0.29, 0.717) is 24.4 Å². The first-order valence-corrected chi connectivity index (χ1v) is 10.9. The molecular weight excluding hydrogens is 439 g/mol. The van der Waals surface area contributed by atoms with Gasteiger partial charge in [-0.3, -0.25) is 14.6 Å². The van der Waals surface area contributed by atoms with E-state index in [2.05, 4.69) is 10.3 Å². The molecule has 0 bridgehead atoms. The number of pyridine rings is 1. The van der Waals surface area contributed by atoms with Gasteiger partial charge in [-0.2, -0.15) is 13.2 Å². The first-order valence-electron chi connectivity index (χ1n) is 9.98. The van der Waals surface area contributed by atoms with Crippen LogP contribution in [0.2, 0.25) is 0 Å². The van der Waals surface area contributed by atoms with E-state index in [0.717, 1.165) is 34.5 Å². The van der Waals surface area contributed by atoms with E-state index in [4.69, 9.17) is 0 Å². The zero-order valence-corrected chi connectivity index (χ0v) is 18.0. The van der Waals surface area contributed by atoms with Gasteiger partial charge in [0.1, 0.15) is 0 Å². The van der Waals surface area contributed by atoms with Crippen molar-refractivity contribution in [3.05, 3.63) is 86.4 Å². The molecule has 32 heavy (non-hydrogen) atoms. The van der Waals surface area contributed by atoms with Crippen molar-refractivity contribution in [2.24, 2.45) is 0 Å². The SMILES string of the molecule is Cc1ncc2c(c1CNC(=O)c1cccs1)CCN(C(=O)c1cccc(C(F)(F)F)c1)C2. The second-order valence-corrected chi connectivity index (χ2v) is 8.49. The number of halogens is 3. The lowest BCUT2D eigenvalue weighted by Crippen LogP contribution is -2.37. The third kappa shape index (κ3) is 4.52. The maximum Gasteiger partial charge on any atom is 0.416 e. The molecule has 1 aliphatic rings. The van der Waals surface area contributed by atoms with Gasteiger partial charge in [0, 0.05) is 37.1 Å². The Morgan fingerprint density at radius 1 is 1.22 bits per heavy atom. The molecule has 9 heteroatoms. The highest BCUT2D eigenvalue weighted by atomic mass is 32.1. The minimum absolute atomic E-state index is 0.00628. The molecule has 0 fully saturated rings. The number of alkyl halides is 3. The van der Waals surface area contributed by atoms with E-state index in [1.54, 1.807) is 12.3 Å². The Morgan fingerprint density at radius 2 is 2.03 bits per heavy atom. The standard InChI is InChI=1S/C23H20F3N3O2S/c1-14-19(12-28-21(30)20-6-3-9-32-20)18-7-8-29(13-16(18)11-27-14)22(31)15-4-2-5-17(10-15)23(24,25)26/h2-6,9-11H,7-8,12-13H2,1H3,(H,28,30). The fraction of sp³-hybridized carbons (Fsp3) is 0.261. The Balaban J connectivity index is 1.51. The summed E-state index contributed by atoms with van der Waals surface area (Å²) in [5.41, 5.74) is 2.74. The van der Waals surface area contributed by atoms with Crippen molar-refractivity contribution in [1.82, 2.24) is 15.2 Å². The van der Waals surface area contributed by atoms with Gasteiger partial charge in [0.25, 0.3) is 11.8 Å². The fourth-order valence-electron chi connectivity index (χ4n) is 3.80. The molecule has 166 valence electrons. The highest BCUT2D eigenvalue weighted by Gasteiger charge is 2.32. The molecule has 0 radical (unpaired) electrons. The summed E-state index contributed by atoms with van der Waals surface area (Å²) in [5, 5.41) is 4.75. The van der Waals surface area contributed by atoms with Crippen molar-refractivity contribution in [3.8, 4) is 0 Å². The predicted molar refractivity (Wildman–Crippen MR) is 114 cm³/mol. The number of thiophene rings is 1. The van der Waals surface area contributed by atoms with Crippen LogP contribution in [0.25, 0.3) is 0 Å². The van der Waals surface area contributed by atoms with Gasteiger partial charge in [-0.1, -0.05) is 12.1 Å². The molecule has 0 saturated heterocycles. The predicted octanol–water partition coefficient (Wildman–Crippen LogP) is 4.60. The van der Waals surface area contributed by atoms with E-state index in [9.17, 15) is 22.8 Å². The molecule has 3 aromatic rings. The molecular formula is C23H20F3N3O2S. The normalized spacial score (nSPS) is 13.6. The van der Waals surface area contributed by atoms with Crippen LogP contribution in [0.1, 0.15) is 48.0 Å². The molecule has 2 amide bonds. The molecule has 1 aromatic carbocycles. The average Bonchev–Trinajstić information content (AvgIpc) is 3.32. The molecule has 0 saturated carbocycles. The van der Waals surface area contributed by atoms with Crippen molar-refractivity contribution in [1.29, 1.82) is 0 Å². The number of rotatable bonds is 4. The number of nitrogens with zero attached hydrogens (tertiary/aromatic N) is 2. The topological polar surface area (TPSA) is 62.3 Å². The van der Waals surface area contributed by atoms with Crippen LogP contribution in [0.15, 0.2) is 48.0 Å². The first-order chi connectivity index (χ1) is 15.2. The van der Waals surface area contributed by atoms with E-state index >= 15 is 0 Å². The van der Waals surface area contributed by atoms with E-state index in [1.807, 2.05) is 18.4 Å². The molecule has 1 N–H and O–H groups in total. The number of carbonyl (C=O) groups is 2. The molecule has 0 aliphatic carbocycles. The summed E-state index contributed by atoms with van der Waals surface area (Å²) in [4.78, 5) is 31.7. The van der Waals surface area contributed by atoms with Crippen molar-refractivity contribution in [3.63, 3.8) is 0 Å². The zero-order valence-electron chi connectivity index (χ0n) is 17.2. The minimum Gasteiger partial charge on any atom is -0.347 e. The third-order valence-electron chi connectivity index (χ3n) is 5.49. The number of nitrogens with one attached hydrogen (secondary N) is 1. The van der Waals surface area contributed by atoms with Crippen LogP contribution in [0.5, 0.6) is 0 Å². The summed E-state index contributed by atoms with van der Waals surface area (Å²) in [6, 6.07) is 8.04. The van der Waals surface area contributed by atoms with Gasteiger partial charge in [0.2, 0.25) is 0 Å². The second-order valence-electron chi connectivity index (χ2n) is 7.54. The van der Waals surface area contributed by atoms with Crippen molar-refractivity contribution >= 4 is 23.2 Å². The van der Waals surface area contributed by atoms with E-state index < -0.39 is 17.6 Å². The average molecular weight is 459 g/mol. The second kappa shape index (κ2) is 8.74. The molecule has 1 aliphatic heterocycles. The van der Waals surface area contributed by atoms with Gasteiger partial charge in [-0.25, -0.2) is 0 Å². The molecule has 0 unspecified atom stereocenters. The smallest absolute Gasteiger partial charge is 0.347 e. The lowest BCUT2D eigenvalue weighted by molar-refractivity contribution is -0.137. The molecule has 2 aromatic heterocycles. The van der Waals surface area contributed by atoms with Crippen molar-refractivity contribution in [2.45, 2.75) is 32.6 Å². The first kappa shape index (κ1) is 22.0. The number of benzene rings is 1. The quantitative estimate of drug-likeness (QED) is 0.620. The van der Waals surface area contributed by atoms with Crippen LogP contribution in [0, 0.1) is 6.92 Å². The summed E-state index contributed by atoms with van der Waals surface area (Å²) in [6.07, 6.45) is -2.27. The lowest BCUT2D eigenvalue weighted by atomic mass is 9.94. The summed E-state index contributed by atoms with van der Waals surface area (Å²) in [6.45, 7) is 2.81. The van der Waals surface area contributed by atoms with Gasteiger partial charge >= 0.3 is 6.18 Å². The van der Waals surface area contributed by atoms with Crippen LogP contribution in [0.4, 0.5) is 13.2 Å². The van der Waals surface area contributed by atoms with Crippen LogP contribution in [-0.2, 0) is 25.7 Å². The number of hydrogen-bond donors (Lipinski definition) is 1. The van der Waals surface area contributed by atoms with Crippen LogP contribution in [-0.4, -0.2) is 28.2 Å². The van der Waals surface area contributed by atoms with Gasteiger partial charge < -0.3 is 10.2 Å². The van der Waals surface area contributed by atoms with Crippen LogP contribution < -0.4 is 5.32 Å². The van der Waals surface area contributed by atoms with Gasteiger partial charge in [-0.05, 0) is 59.7 Å². The van der Waals surface area contributed by atoms with Crippen LogP contribution >= 0.6 is 11.3 Å². The largest absolute Gasteiger partial charge is 0.416 e. The van der Waals surface area contributed by atoms with Gasteiger partial charge in [0.05, 0.1) is 10.4 Å². The Bertz CT molecular complexity index is 1160. The van der Waals surface area contributed by atoms with Crippen molar-refractivity contribution < 1.29 is 22.8 Å². The number of hydrogen-bond acceptors (Lipinski definition) is 4.